The molecule has 1 aliphatic rings. The van der Waals surface area contributed by atoms with Crippen molar-refractivity contribution in [2.24, 2.45) is 0 Å². The summed E-state index contributed by atoms with van der Waals surface area (Å²) in [4.78, 5) is 2.56. The minimum atomic E-state index is 0.697. The molecule has 0 aliphatic carbocycles. The van der Waals surface area contributed by atoms with E-state index in [0.29, 0.717) is 6.04 Å². The minimum absolute atomic E-state index is 0.697. The number of hydrogen-bond acceptors (Lipinski definition) is 2. The van der Waals surface area contributed by atoms with Crippen LogP contribution in [0, 0.1) is 0 Å². The fraction of sp³-hybridized carbons (Fsp3) is 0.833. The van der Waals surface area contributed by atoms with Gasteiger partial charge in [0.05, 0.1) is 0 Å². The monoisotopic (exact) mass is 196 g/mol. The third-order valence-electron chi connectivity index (χ3n) is 2.91. The van der Waals surface area contributed by atoms with Crippen molar-refractivity contribution in [1.29, 1.82) is 0 Å². The highest BCUT2D eigenvalue weighted by Gasteiger charge is 2.14. The van der Waals surface area contributed by atoms with Crippen LogP contribution in [0.3, 0.4) is 0 Å². The largest absolute Gasteiger partial charge is 0.320 e. The molecule has 0 unspecified atom stereocenters. The van der Waals surface area contributed by atoms with E-state index in [1.807, 2.05) is 7.05 Å². The lowest BCUT2D eigenvalue weighted by molar-refractivity contribution is 0.233. The van der Waals surface area contributed by atoms with E-state index in [0.717, 1.165) is 6.54 Å². The Morgan fingerprint density at radius 2 is 2.29 bits per heavy atom. The summed E-state index contributed by atoms with van der Waals surface area (Å²) in [6.45, 7) is 8.15. The molecule has 1 aliphatic heterocycles. The zero-order chi connectivity index (χ0) is 10.4. The topological polar surface area (TPSA) is 15.3 Å². The Kier molecular flexibility index (Phi) is 5.20. The summed E-state index contributed by atoms with van der Waals surface area (Å²) >= 11 is 0. The van der Waals surface area contributed by atoms with Gasteiger partial charge < -0.3 is 5.32 Å². The highest BCUT2D eigenvalue weighted by molar-refractivity contribution is 5.08. The van der Waals surface area contributed by atoms with Gasteiger partial charge in [0.25, 0.3) is 0 Å². The van der Waals surface area contributed by atoms with Crippen molar-refractivity contribution < 1.29 is 0 Å². The van der Waals surface area contributed by atoms with E-state index >= 15 is 0 Å². The van der Waals surface area contributed by atoms with Crippen molar-refractivity contribution in [1.82, 2.24) is 10.2 Å². The van der Waals surface area contributed by atoms with Crippen molar-refractivity contribution in [3.8, 4) is 0 Å². The van der Waals surface area contributed by atoms with E-state index in [1.165, 1.54) is 32.4 Å². The first-order chi connectivity index (χ1) is 6.74. The Balaban J connectivity index is 2.28. The predicted octanol–water partition coefficient (Wildman–Crippen LogP) is 2.03. The van der Waals surface area contributed by atoms with Crippen LogP contribution in [-0.4, -0.2) is 37.6 Å². The van der Waals surface area contributed by atoms with Crippen LogP contribution in [0.4, 0.5) is 0 Å². The fourth-order valence-electron chi connectivity index (χ4n) is 1.95. The minimum Gasteiger partial charge on any atom is -0.320 e. The molecule has 0 atom stereocenters. The average Bonchev–Trinajstić information content (AvgIpc) is 2.19. The smallest absolute Gasteiger partial charge is 0.0195 e. The van der Waals surface area contributed by atoms with E-state index in [2.05, 4.69) is 30.1 Å². The van der Waals surface area contributed by atoms with Crippen LogP contribution >= 0.6 is 0 Å². The predicted molar refractivity (Wildman–Crippen MR) is 62.6 cm³/mol. The molecule has 0 radical (unpaired) electrons. The number of nitrogens with zero attached hydrogens (tertiary/aromatic N) is 1. The molecule has 0 saturated carbocycles. The second kappa shape index (κ2) is 6.20. The third kappa shape index (κ3) is 3.81. The summed E-state index contributed by atoms with van der Waals surface area (Å²) in [6.07, 6.45) is 6.22. The lowest BCUT2D eigenvalue weighted by Gasteiger charge is -2.30. The summed E-state index contributed by atoms with van der Waals surface area (Å²) in [5.41, 5.74) is 1.64. The van der Waals surface area contributed by atoms with E-state index in [-0.39, 0.29) is 0 Å². The van der Waals surface area contributed by atoms with E-state index in [4.69, 9.17) is 0 Å². The van der Waals surface area contributed by atoms with Crippen molar-refractivity contribution in [2.45, 2.75) is 39.2 Å². The first-order valence-corrected chi connectivity index (χ1v) is 5.80. The number of rotatable bonds is 5. The highest BCUT2D eigenvalue weighted by atomic mass is 15.1. The molecule has 0 aromatic carbocycles. The molecule has 1 heterocycles. The van der Waals surface area contributed by atoms with Gasteiger partial charge >= 0.3 is 0 Å². The molecule has 2 nitrogen and oxygen atoms in total. The third-order valence-corrected chi connectivity index (χ3v) is 2.91. The Morgan fingerprint density at radius 3 is 2.93 bits per heavy atom. The fourth-order valence-corrected chi connectivity index (χ4v) is 1.95. The molecule has 1 rings (SSSR count). The Morgan fingerprint density at radius 1 is 1.50 bits per heavy atom. The molecule has 0 saturated heterocycles. The molecule has 0 amide bonds. The molecule has 82 valence electrons. The molecule has 0 aromatic heterocycles. The maximum absolute atomic E-state index is 3.20. The average molecular weight is 196 g/mol. The van der Waals surface area contributed by atoms with E-state index in [1.54, 1.807) is 5.57 Å². The van der Waals surface area contributed by atoms with Crippen LogP contribution in [0.2, 0.25) is 0 Å². The van der Waals surface area contributed by atoms with E-state index in [9.17, 15) is 0 Å². The van der Waals surface area contributed by atoms with Crippen molar-refractivity contribution >= 4 is 0 Å². The van der Waals surface area contributed by atoms with Gasteiger partial charge in [-0.25, -0.2) is 0 Å². The zero-order valence-electron chi connectivity index (χ0n) is 9.84. The van der Waals surface area contributed by atoms with Crippen molar-refractivity contribution in [3.05, 3.63) is 11.6 Å². The van der Waals surface area contributed by atoms with Crippen LogP contribution in [0.25, 0.3) is 0 Å². The van der Waals surface area contributed by atoms with Crippen molar-refractivity contribution in [3.63, 3.8) is 0 Å². The van der Waals surface area contributed by atoms with Crippen LogP contribution in [0.15, 0.2) is 11.6 Å². The first kappa shape index (κ1) is 11.7. The quantitative estimate of drug-likeness (QED) is 0.534. The van der Waals surface area contributed by atoms with Gasteiger partial charge in [-0.1, -0.05) is 11.6 Å². The summed E-state index contributed by atoms with van der Waals surface area (Å²) in [6, 6.07) is 0.697. The molecule has 0 bridgehead atoms. The van der Waals surface area contributed by atoms with Gasteiger partial charge in [0, 0.05) is 19.1 Å². The Bertz CT molecular complexity index is 185. The highest BCUT2D eigenvalue weighted by Crippen LogP contribution is 2.16. The molecule has 1 N–H and O–H groups in total. The van der Waals surface area contributed by atoms with E-state index < -0.39 is 0 Å². The van der Waals surface area contributed by atoms with Crippen LogP contribution in [0.1, 0.15) is 33.1 Å². The lowest BCUT2D eigenvalue weighted by Crippen LogP contribution is -2.35. The molecular formula is C12H24N2. The van der Waals surface area contributed by atoms with Crippen LogP contribution < -0.4 is 5.32 Å². The summed E-state index contributed by atoms with van der Waals surface area (Å²) in [5, 5.41) is 3.20. The molecule has 0 spiro atoms. The number of nitrogens with one attached hydrogen (secondary N) is 1. The van der Waals surface area contributed by atoms with Crippen molar-refractivity contribution in [2.75, 3.05) is 26.7 Å². The molecule has 0 aromatic rings. The van der Waals surface area contributed by atoms with Gasteiger partial charge in [0.2, 0.25) is 0 Å². The zero-order valence-corrected chi connectivity index (χ0v) is 9.84. The molecular weight excluding hydrogens is 172 g/mol. The second-order valence-corrected chi connectivity index (χ2v) is 4.42. The normalized spacial score (nSPS) is 18.7. The Labute approximate surface area is 88.4 Å². The maximum atomic E-state index is 3.20. The van der Waals surface area contributed by atoms with Gasteiger partial charge in [-0.2, -0.15) is 0 Å². The van der Waals surface area contributed by atoms with Gasteiger partial charge in [-0.05, 0) is 46.7 Å². The molecule has 0 fully saturated rings. The first-order valence-electron chi connectivity index (χ1n) is 5.80. The summed E-state index contributed by atoms with van der Waals surface area (Å²) in [5.74, 6) is 0. The second-order valence-electron chi connectivity index (χ2n) is 4.42. The number of hydrogen-bond donors (Lipinski definition) is 1. The summed E-state index contributed by atoms with van der Waals surface area (Å²) in [7, 11) is 2.02. The SMILES string of the molecule is CNCCCC1=CCCN(C(C)C)C1. The standard InChI is InChI=1S/C12H24N2/c1-11(2)14-9-5-7-12(10-14)6-4-8-13-3/h7,11,13H,4-6,8-10H2,1-3H3. The van der Waals surface area contributed by atoms with Crippen LogP contribution in [-0.2, 0) is 0 Å². The van der Waals surface area contributed by atoms with Gasteiger partial charge in [0.15, 0.2) is 0 Å². The molecule has 14 heavy (non-hydrogen) atoms. The summed E-state index contributed by atoms with van der Waals surface area (Å²) < 4.78 is 0. The lowest BCUT2D eigenvalue weighted by atomic mass is 10.0. The van der Waals surface area contributed by atoms with Crippen LogP contribution in [0.5, 0.6) is 0 Å². The Hall–Kier alpha value is -0.340. The maximum Gasteiger partial charge on any atom is 0.0195 e. The van der Waals surface area contributed by atoms with Gasteiger partial charge in [-0.3, -0.25) is 4.90 Å². The molecule has 2 heteroatoms. The van der Waals surface area contributed by atoms with Gasteiger partial charge in [0.1, 0.15) is 0 Å². The van der Waals surface area contributed by atoms with Gasteiger partial charge in [-0.15, -0.1) is 0 Å².